The first-order chi connectivity index (χ1) is 6.97. The van der Waals surface area contributed by atoms with Gasteiger partial charge in [-0.25, -0.2) is 0 Å². The molecule has 1 saturated carbocycles. The maximum absolute atomic E-state index is 9.53. The molecule has 0 heterocycles. The van der Waals surface area contributed by atoms with Crippen LogP contribution in [0.2, 0.25) is 0 Å². The summed E-state index contributed by atoms with van der Waals surface area (Å²) in [4.78, 5) is 0. The van der Waals surface area contributed by atoms with Gasteiger partial charge in [-0.1, -0.05) is 40.0 Å². The Bertz CT molecular complexity index is 177. The standard InChI is InChI=1S/C13H27NO/c1-12(2,3)9-14-10-13(11-15)7-5-4-6-8-13/h14-15H,4-11H2,1-3H3. The van der Waals surface area contributed by atoms with Crippen molar-refractivity contribution < 1.29 is 5.11 Å². The van der Waals surface area contributed by atoms with E-state index in [2.05, 4.69) is 26.1 Å². The quantitative estimate of drug-likeness (QED) is 0.752. The Balaban J connectivity index is 2.33. The second-order valence-electron chi connectivity index (χ2n) is 6.38. The number of aliphatic hydroxyl groups excluding tert-OH is 1. The summed E-state index contributed by atoms with van der Waals surface area (Å²) < 4.78 is 0. The number of hydrogen-bond donors (Lipinski definition) is 2. The van der Waals surface area contributed by atoms with Crippen LogP contribution in [0.3, 0.4) is 0 Å². The van der Waals surface area contributed by atoms with Crippen molar-refractivity contribution in [2.24, 2.45) is 10.8 Å². The highest BCUT2D eigenvalue weighted by Gasteiger charge is 2.31. The molecule has 2 nitrogen and oxygen atoms in total. The van der Waals surface area contributed by atoms with E-state index < -0.39 is 0 Å². The first kappa shape index (κ1) is 13.0. The molecule has 1 fully saturated rings. The molecule has 0 spiro atoms. The first-order valence-electron chi connectivity index (χ1n) is 6.29. The molecule has 1 aliphatic rings. The zero-order valence-electron chi connectivity index (χ0n) is 10.6. The molecule has 2 heteroatoms. The zero-order chi connectivity index (χ0) is 11.4. The normalized spacial score (nSPS) is 21.6. The van der Waals surface area contributed by atoms with Gasteiger partial charge in [0.2, 0.25) is 0 Å². The Morgan fingerprint density at radius 3 is 2.20 bits per heavy atom. The van der Waals surface area contributed by atoms with Gasteiger partial charge in [-0.2, -0.15) is 0 Å². The maximum Gasteiger partial charge on any atom is 0.0499 e. The van der Waals surface area contributed by atoms with E-state index in [0.717, 1.165) is 13.1 Å². The van der Waals surface area contributed by atoms with Crippen LogP contribution in [0.5, 0.6) is 0 Å². The molecule has 0 saturated heterocycles. The summed E-state index contributed by atoms with van der Waals surface area (Å²) in [5.41, 5.74) is 0.523. The lowest BCUT2D eigenvalue weighted by molar-refractivity contribution is 0.0790. The first-order valence-corrected chi connectivity index (χ1v) is 6.29. The van der Waals surface area contributed by atoms with Crippen molar-refractivity contribution in [1.82, 2.24) is 5.32 Å². The van der Waals surface area contributed by atoms with E-state index in [1.54, 1.807) is 0 Å². The molecule has 0 radical (unpaired) electrons. The Hall–Kier alpha value is -0.0800. The van der Waals surface area contributed by atoms with Gasteiger partial charge in [-0.05, 0) is 18.3 Å². The van der Waals surface area contributed by atoms with Crippen LogP contribution in [0.15, 0.2) is 0 Å². The predicted octanol–water partition coefficient (Wildman–Crippen LogP) is 2.56. The summed E-state index contributed by atoms with van der Waals surface area (Å²) in [7, 11) is 0. The monoisotopic (exact) mass is 213 g/mol. The fraction of sp³-hybridized carbons (Fsp3) is 1.00. The summed E-state index contributed by atoms with van der Waals surface area (Å²) >= 11 is 0. The van der Waals surface area contributed by atoms with E-state index in [1.807, 2.05) is 0 Å². The predicted molar refractivity (Wildman–Crippen MR) is 64.9 cm³/mol. The van der Waals surface area contributed by atoms with Crippen LogP contribution < -0.4 is 5.32 Å². The molecular weight excluding hydrogens is 186 g/mol. The fourth-order valence-electron chi connectivity index (χ4n) is 2.40. The Kier molecular flexibility index (Phi) is 4.60. The number of rotatable bonds is 4. The minimum absolute atomic E-state index is 0.184. The largest absolute Gasteiger partial charge is 0.396 e. The van der Waals surface area contributed by atoms with Gasteiger partial charge >= 0.3 is 0 Å². The van der Waals surface area contributed by atoms with Crippen LogP contribution >= 0.6 is 0 Å². The lowest BCUT2D eigenvalue weighted by Gasteiger charge is -2.36. The zero-order valence-corrected chi connectivity index (χ0v) is 10.6. The van der Waals surface area contributed by atoms with Crippen LogP contribution in [0.25, 0.3) is 0 Å². The van der Waals surface area contributed by atoms with E-state index in [4.69, 9.17) is 0 Å². The molecule has 2 N–H and O–H groups in total. The van der Waals surface area contributed by atoms with Crippen molar-refractivity contribution in [2.75, 3.05) is 19.7 Å². The molecule has 1 rings (SSSR count). The van der Waals surface area contributed by atoms with Crippen LogP contribution in [-0.2, 0) is 0 Å². The molecule has 15 heavy (non-hydrogen) atoms. The van der Waals surface area contributed by atoms with Crippen molar-refractivity contribution in [3.63, 3.8) is 0 Å². The molecule has 0 bridgehead atoms. The van der Waals surface area contributed by atoms with Crippen LogP contribution in [0.4, 0.5) is 0 Å². The van der Waals surface area contributed by atoms with Crippen molar-refractivity contribution in [2.45, 2.75) is 52.9 Å². The van der Waals surface area contributed by atoms with E-state index in [1.165, 1.54) is 32.1 Å². The molecule has 0 aromatic rings. The molecule has 0 unspecified atom stereocenters. The highest BCUT2D eigenvalue weighted by molar-refractivity contribution is 4.84. The summed E-state index contributed by atoms with van der Waals surface area (Å²) in [6, 6.07) is 0. The van der Waals surface area contributed by atoms with Gasteiger partial charge < -0.3 is 10.4 Å². The lowest BCUT2D eigenvalue weighted by atomic mass is 9.74. The van der Waals surface area contributed by atoms with Crippen molar-refractivity contribution in [3.8, 4) is 0 Å². The summed E-state index contributed by atoms with van der Waals surface area (Å²) in [5.74, 6) is 0. The van der Waals surface area contributed by atoms with Gasteiger partial charge in [0.05, 0.1) is 0 Å². The third-order valence-corrected chi connectivity index (χ3v) is 3.40. The fourth-order valence-corrected chi connectivity index (χ4v) is 2.40. The van der Waals surface area contributed by atoms with Gasteiger partial charge in [0, 0.05) is 25.1 Å². The van der Waals surface area contributed by atoms with E-state index in [-0.39, 0.29) is 5.41 Å². The third kappa shape index (κ3) is 4.52. The van der Waals surface area contributed by atoms with E-state index >= 15 is 0 Å². The molecule has 0 aliphatic heterocycles. The van der Waals surface area contributed by atoms with Gasteiger partial charge in [0.1, 0.15) is 0 Å². The highest BCUT2D eigenvalue weighted by atomic mass is 16.3. The van der Waals surface area contributed by atoms with Gasteiger partial charge in [-0.15, -0.1) is 0 Å². The average Bonchev–Trinajstić information content (AvgIpc) is 2.17. The minimum atomic E-state index is 0.184. The Labute approximate surface area is 94.5 Å². The Morgan fingerprint density at radius 2 is 1.73 bits per heavy atom. The molecule has 0 aromatic heterocycles. The van der Waals surface area contributed by atoms with Crippen LogP contribution in [-0.4, -0.2) is 24.8 Å². The topological polar surface area (TPSA) is 32.3 Å². The molecule has 90 valence electrons. The molecule has 0 atom stereocenters. The van der Waals surface area contributed by atoms with Crippen molar-refractivity contribution in [1.29, 1.82) is 0 Å². The molecular formula is C13H27NO. The number of hydrogen-bond acceptors (Lipinski definition) is 2. The van der Waals surface area contributed by atoms with Gasteiger partial charge in [0.25, 0.3) is 0 Å². The molecule has 0 aromatic carbocycles. The summed E-state index contributed by atoms with van der Waals surface area (Å²) in [5, 5.41) is 13.1. The SMILES string of the molecule is CC(C)(C)CNCC1(CO)CCCCC1. The van der Waals surface area contributed by atoms with Crippen LogP contribution in [0.1, 0.15) is 52.9 Å². The summed E-state index contributed by atoms with van der Waals surface area (Å²) in [6.07, 6.45) is 6.32. The Morgan fingerprint density at radius 1 is 1.13 bits per heavy atom. The maximum atomic E-state index is 9.53. The van der Waals surface area contributed by atoms with Crippen molar-refractivity contribution >= 4 is 0 Å². The lowest BCUT2D eigenvalue weighted by Crippen LogP contribution is -2.41. The molecule has 1 aliphatic carbocycles. The van der Waals surface area contributed by atoms with E-state index in [9.17, 15) is 5.11 Å². The van der Waals surface area contributed by atoms with Crippen molar-refractivity contribution in [3.05, 3.63) is 0 Å². The highest BCUT2D eigenvalue weighted by Crippen LogP contribution is 2.35. The average molecular weight is 213 g/mol. The number of aliphatic hydroxyl groups is 1. The second-order valence-corrected chi connectivity index (χ2v) is 6.38. The van der Waals surface area contributed by atoms with Gasteiger partial charge in [0.15, 0.2) is 0 Å². The number of nitrogens with one attached hydrogen (secondary N) is 1. The smallest absolute Gasteiger partial charge is 0.0499 e. The van der Waals surface area contributed by atoms with Gasteiger partial charge in [-0.3, -0.25) is 0 Å². The summed E-state index contributed by atoms with van der Waals surface area (Å²) in [6.45, 7) is 9.10. The second kappa shape index (κ2) is 5.31. The minimum Gasteiger partial charge on any atom is -0.396 e. The third-order valence-electron chi connectivity index (χ3n) is 3.40. The van der Waals surface area contributed by atoms with Crippen LogP contribution in [0, 0.1) is 10.8 Å². The molecule has 0 amide bonds. The van der Waals surface area contributed by atoms with E-state index in [0.29, 0.717) is 12.0 Å².